The molecular formula is C18H30N2O. The largest absolute Gasteiger partial charge is 0.465 e. The first-order chi connectivity index (χ1) is 10.2. The highest BCUT2D eigenvalue weighted by Crippen LogP contribution is 2.44. The van der Waals surface area contributed by atoms with Crippen molar-refractivity contribution >= 4 is 0 Å². The van der Waals surface area contributed by atoms with Gasteiger partial charge in [-0.1, -0.05) is 19.3 Å². The molecule has 21 heavy (non-hydrogen) atoms. The molecule has 0 radical (unpaired) electrons. The van der Waals surface area contributed by atoms with Crippen LogP contribution in [-0.2, 0) is 13.1 Å². The lowest BCUT2D eigenvalue weighted by Gasteiger charge is -2.44. The van der Waals surface area contributed by atoms with Crippen LogP contribution in [0, 0.1) is 12.3 Å². The molecule has 3 heteroatoms. The van der Waals surface area contributed by atoms with Crippen molar-refractivity contribution in [3.8, 4) is 0 Å². The van der Waals surface area contributed by atoms with E-state index in [9.17, 15) is 0 Å². The summed E-state index contributed by atoms with van der Waals surface area (Å²) < 4.78 is 5.82. The Hall–Kier alpha value is -0.800. The molecule has 3 nitrogen and oxygen atoms in total. The minimum Gasteiger partial charge on any atom is -0.465 e. The number of hydrogen-bond donors (Lipinski definition) is 1. The van der Waals surface area contributed by atoms with E-state index in [4.69, 9.17) is 4.42 Å². The lowest BCUT2D eigenvalue weighted by atomic mass is 9.68. The van der Waals surface area contributed by atoms with Crippen molar-refractivity contribution in [1.82, 2.24) is 10.2 Å². The number of furan rings is 1. The molecule has 1 saturated heterocycles. The molecule has 0 aromatic carbocycles. The monoisotopic (exact) mass is 290 g/mol. The van der Waals surface area contributed by atoms with Crippen LogP contribution in [0.15, 0.2) is 10.5 Å². The Kier molecular flexibility index (Phi) is 4.70. The second-order valence-corrected chi connectivity index (χ2v) is 7.16. The number of piperidine rings is 1. The van der Waals surface area contributed by atoms with E-state index in [2.05, 4.69) is 23.2 Å². The predicted octanol–water partition coefficient (Wildman–Crippen LogP) is 3.85. The fraction of sp³-hybridized carbons (Fsp3) is 0.778. The van der Waals surface area contributed by atoms with E-state index < -0.39 is 0 Å². The Morgan fingerprint density at radius 2 is 1.86 bits per heavy atom. The van der Waals surface area contributed by atoms with Gasteiger partial charge in [-0.05, 0) is 64.2 Å². The standard InChI is InChI=1S/C18H30N2O/c1-15-16(12-17(21-15)13-19-2)14-20-10-8-18(9-11-20)6-4-3-5-7-18/h12,19H,3-11,13-14H2,1-2H3. The molecule has 2 heterocycles. The summed E-state index contributed by atoms with van der Waals surface area (Å²) in [6, 6.07) is 2.23. The Balaban J connectivity index is 1.55. The van der Waals surface area contributed by atoms with Crippen LogP contribution in [-0.4, -0.2) is 25.0 Å². The van der Waals surface area contributed by atoms with Gasteiger partial charge < -0.3 is 9.73 Å². The molecule has 0 bridgehead atoms. The first kappa shape index (κ1) is 15.1. The number of hydrogen-bond acceptors (Lipinski definition) is 3. The zero-order valence-corrected chi connectivity index (χ0v) is 13.7. The van der Waals surface area contributed by atoms with Crippen LogP contribution < -0.4 is 5.32 Å². The van der Waals surface area contributed by atoms with Gasteiger partial charge in [-0.15, -0.1) is 0 Å². The summed E-state index contributed by atoms with van der Waals surface area (Å²) in [6.45, 7) is 6.53. The fourth-order valence-corrected chi connectivity index (χ4v) is 4.23. The van der Waals surface area contributed by atoms with E-state index in [1.165, 1.54) is 63.6 Å². The predicted molar refractivity (Wildman–Crippen MR) is 86.2 cm³/mol. The van der Waals surface area contributed by atoms with Crippen LogP contribution in [0.1, 0.15) is 62.0 Å². The molecule has 118 valence electrons. The van der Waals surface area contributed by atoms with Crippen LogP contribution in [0.4, 0.5) is 0 Å². The maximum absolute atomic E-state index is 5.82. The van der Waals surface area contributed by atoms with Gasteiger partial charge in [0.2, 0.25) is 0 Å². The Bertz CT molecular complexity index is 450. The van der Waals surface area contributed by atoms with Gasteiger partial charge >= 0.3 is 0 Å². The van der Waals surface area contributed by atoms with Crippen LogP contribution >= 0.6 is 0 Å². The van der Waals surface area contributed by atoms with Gasteiger partial charge in [-0.3, -0.25) is 4.90 Å². The minimum atomic E-state index is 0.706. The van der Waals surface area contributed by atoms with E-state index in [0.29, 0.717) is 5.41 Å². The minimum absolute atomic E-state index is 0.706. The van der Waals surface area contributed by atoms with Crippen molar-refractivity contribution in [1.29, 1.82) is 0 Å². The van der Waals surface area contributed by atoms with Gasteiger partial charge in [-0.2, -0.15) is 0 Å². The lowest BCUT2D eigenvalue weighted by molar-refractivity contribution is 0.0639. The maximum atomic E-state index is 5.82. The smallest absolute Gasteiger partial charge is 0.118 e. The highest BCUT2D eigenvalue weighted by Gasteiger charge is 2.35. The second kappa shape index (κ2) is 6.53. The second-order valence-electron chi connectivity index (χ2n) is 7.16. The van der Waals surface area contributed by atoms with E-state index in [1.807, 2.05) is 7.05 Å². The molecule has 1 aliphatic heterocycles. The van der Waals surface area contributed by atoms with Crippen LogP contribution in [0.3, 0.4) is 0 Å². The first-order valence-electron chi connectivity index (χ1n) is 8.66. The molecule has 1 aromatic heterocycles. The Labute approximate surface area is 129 Å². The summed E-state index contributed by atoms with van der Waals surface area (Å²) in [5.41, 5.74) is 2.08. The Morgan fingerprint density at radius 3 is 2.52 bits per heavy atom. The van der Waals surface area contributed by atoms with E-state index >= 15 is 0 Å². The molecule has 2 fully saturated rings. The zero-order valence-electron chi connectivity index (χ0n) is 13.7. The molecule has 2 aliphatic rings. The summed E-state index contributed by atoms with van der Waals surface area (Å²) in [6.07, 6.45) is 10.2. The molecule has 1 N–H and O–H groups in total. The van der Waals surface area contributed by atoms with Crippen LogP contribution in [0.5, 0.6) is 0 Å². The van der Waals surface area contributed by atoms with Gasteiger partial charge in [0.1, 0.15) is 11.5 Å². The average molecular weight is 290 g/mol. The molecule has 1 saturated carbocycles. The van der Waals surface area contributed by atoms with Crippen LogP contribution in [0.25, 0.3) is 0 Å². The normalized spacial score (nSPS) is 22.8. The van der Waals surface area contributed by atoms with Crippen molar-refractivity contribution in [2.75, 3.05) is 20.1 Å². The lowest BCUT2D eigenvalue weighted by Crippen LogP contribution is -2.40. The van der Waals surface area contributed by atoms with Gasteiger partial charge in [0.15, 0.2) is 0 Å². The summed E-state index contributed by atoms with van der Waals surface area (Å²) in [5, 5.41) is 3.16. The van der Waals surface area contributed by atoms with Crippen molar-refractivity contribution in [3.05, 3.63) is 23.2 Å². The summed E-state index contributed by atoms with van der Waals surface area (Å²) in [4.78, 5) is 2.63. The van der Waals surface area contributed by atoms with Crippen molar-refractivity contribution in [3.63, 3.8) is 0 Å². The summed E-state index contributed by atoms with van der Waals surface area (Å²) >= 11 is 0. The number of likely N-dealkylation sites (tertiary alicyclic amines) is 1. The molecule has 3 rings (SSSR count). The van der Waals surface area contributed by atoms with E-state index in [-0.39, 0.29) is 0 Å². The topological polar surface area (TPSA) is 28.4 Å². The van der Waals surface area contributed by atoms with Crippen LogP contribution in [0.2, 0.25) is 0 Å². The highest BCUT2D eigenvalue weighted by molar-refractivity contribution is 5.20. The SMILES string of the molecule is CNCc1cc(CN2CCC3(CCCCC3)CC2)c(C)o1. The molecule has 1 aliphatic carbocycles. The molecule has 0 atom stereocenters. The van der Waals surface area contributed by atoms with E-state index in [1.54, 1.807) is 0 Å². The third-order valence-electron chi connectivity index (χ3n) is 5.65. The third kappa shape index (κ3) is 3.51. The maximum Gasteiger partial charge on any atom is 0.118 e. The molecule has 1 spiro atoms. The molecular weight excluding hydrogens is 260 g/mol. The van der Waals surface area contributed by atoms with Crippen molar-refractivity contribution in [2.24, 2.45) is 5.41 Å². The van der Waals surface area contributed by atoms with Crippen molar-refractivity contribution < 1.29 is 4.42 Å². The Morgan fingerprint density at radius 1 is 1.14 bits per heavy atom. The zero-order chi connectivity index (χ0) is 14.7. The molecule has 0 unspecified atom stereocenters. The number of nitrogens with one attached hydrogen (secondary N) is 1. The van der Waals surface area contributed by atoms with Gasteiger partial charge in [0.25, 0.3) is 0 Å². The molecule has 1 aromatic rings. The quantitative estimate of drug-likeness (QED) is 0.913. The summed E-state index contributed by atoms with van der Waals surface area (Å²) in [7, 11) is 1.96. The van der Waals surface area contributed by atoms with Gasteiger partial charge in [0, 0.05) is 12.1 Å². The average Bonchev–Trinajstić information content (AvgIpc) is 2.83. The van der Waals surface area contributed by atoms with Gasteiger partial charge in [-0.25, -0.2) is 0 Å². The van der Waals surface area contributed by atoms with Gasteiger partial charge in [0.05, 0.1) is 6.54 Å². The number of aryl methyl sites for hydroxylation is 1. The number of rotatable bonds is 4. The highest BCUT2D eigenvalue weighted by atomic mass is 16.3. The molecule has 0 amide bonds. The third-order valence-corrected chi connectivity index (χ3v) is 5.65. The van der Waals surface area contributed by atoms with E-state index in [0.717, 1.165) is 24.6 Å². The first-order valence-corrected chi connectivity index (χ1v) is 8.66. The summed E-state index contributed by atoms with van der Waals surface area (Å²) in [5.74, 6) is 2.16. The fourth-order valence-electron chi connectivity index (χ4n) is 4.23. The van der Waals surface area contributed by atoms with Crippen molar-refractivity contribution in [2.45, 2.75) is 65.0 Å². The number of nitrogens with zero attached hydrogens (tertiary/aromatic N) is 1.